The number of hydrogen-bond acceptors (Lipinski definition) is 2. The normalized spacial score (nSPS) is 10.8. The van der Waals surface area contributed by atoms with E-state index in [2.05, 4.69) is 0 Å². The number of rotatable bonds is 2. The van der Waals surface area contributed by atoms with E-state index < -0.39 is 0 Å². The van der Waals surface area contributed by atoms with E-state index in [4.69, 9.17) is 0 Å². The molecule has 0 atom stereocenters. The van der Waals surface area contributed by atoms with Crippen molar-refractivity contribution < 1.29 is 4.79 Å². The van der Waals surface area contributed by atoms with Crippen LogP contribution in [-0.2, 0) is 13.6 Å². The average molecular weight is 204 g/mol. The molecule has 0 saturated carbocycles. The molecule has 1 aromatic carbocycles. The standard InChI is InChI=1S/C11H12N2O2/c1-3-13-11(15)10-8(7-14)5-4-6-9(10)12(13)2/h4-7H,3H2,1-2H3. The lowest BCUT2D eigenvalue weighted by atomic mass is 10.1. The molecule has 0 radical (unpaired) electrons. The Morgan fingerprint density at radius 3 is 2.73 bits per heavy atom. The van der Waals surface area contributed by atoms with Crippen LogP contribution < -0.4 is 5.56 Å². The van der Waals surface area contributed by atoms with E-state index in [0.717, 1.165) is 11.8 Å². The van der Waals surface area contributed by atoms with Crippen molar-refractivity contribution >= 4 is 17.2 Å². The molecule has 0 saturated heterocycles. The summed E-state index contributed by atoms with van der Waals surface area (Å²) in [7, 11) is 1.82. The fourth-order valence-corrected chi connectivity index (χ4v) is 1.91. The molecule has 1 heterocycles. The van der Waals surface area contributed by atoms with Gasteiger partial charge in [-0.25, -0.2) is 0 Å². The third kappa shape index (κ3) is 1.21. The van der Waals surface area contributed by atoms with Crippen LogP contribution >= 0.6 is 0 Å². The SMILES string of the molecule is CCn1c(=O)c2c(C=O)cccc2n1C. The highest BCUT2D eigenvalue weighted by molar-refractivity contribution is 5.96. The molecule has 78 valence electrons. The lowest BCUT2D eigenvalue weighted by Crippen LogP contribution is -2.20. The zero-order valence-corrected chi connectivity index (χ0v) is 8.73. The van der Waals surface area contributed by atoms with Crippen LogP contribution in [0.3, 0.4) is 0 Å². The van der Waals surface area contributed by atoms with Gasteiger partial charge in [-0.05, 0) is 13.0 Å². The Kier molecular flexibility index (Phi) is 2.19. The number of aryl methyl sites for hydroxylation is 1. The Morgan fingerprint density at radius 1 is 1.40 bits per heavy atom. The van der Waals surface area contributed by atoms with Gasteiger partial charge in [0.15, 0.2) is 6.29 Å². The molecule has 0 aliphatic carbocycles. The maximum absolute atomic E-state index is 11.9. The molecule has 0 N–H and O–H groups in total. The van der Waals surface area contributed by atoms with Crippen molar-refractivity contribution in [1.82, 2.24) is 9.36 Å². The molecule has 15 heavy (non-hydrogen) atoms. The number of hydrogen-bond donors (Lipinski definition) is 0. The van der Waals surface area contributed by atoms with Gasteiger partial charge in [0.25, 0.3) is 5.56 Å². The van der Waals surface area contributed by atoms with E-state index in [1.807, 2.05) is 20.0 Å². The number of benzene rings is 1. The van der Waals surface area contributed by atoms with Crippen molar-refractivity contribution in [2.24, 2.45) is 7.05 Å². The van der Waals surface area contributed by atoms with Crippen LogP contribution in [0.25, 0.3) is 10.9 Å². The molecule has 2 aromatic rings. The lowest BCUT2D eigenvalue weighted by Gasteiger charge is -2.02. The maximum atomic E-state index is 11.9. The molecule has 0 spiro atoms. The molecule has 0 amide bonds. The minimum atomic E-state index is -0.0994. The molecule has 0 aliphatic heterocycles. The highest BCUT2D eigenvalue weighted by Crippen LogP contribution is 2.13. The van der Waals surface area contributed by atoms with Gasteiger partial charge >= 0.3 is 0 Å². The van der Waals surface area contributed by atoms with Crippen molar-refractivity contribution in [2.75, 3.05) is 0 Å². The molecule has 0 aliphatic rings. The van der Waals surface area contributed by atoms with Crippen LogP contribution in [0.15, 0.2) is 23.0 Å². The average Bonchev–Trinajstić information content (AvgIpc) is 2.51. The van der Waals surface area contributed by atoms with E-state index in [1.165, 1.54) is 0 Å². The summed E-state index contributed by atoms with van der Waals surface area (Å²) >= 11 is 0. The maximum Gasteiger partial charge on any atom is 0.275 e. The number of nitrogens with zero attached hydrogens (tertiary/aromatic N) is 2. The first-order chi connectivity index (χ1) is 7.20. The number of aldehydes is 1. The second-order valence-corrected chi connectivity index (χ2v) is 3.40. The van der Waals surface area contributed by atoms with Crippen LogP contribution in [0.1, 0.15) is 17.3 Å². The minimum absolute atomic E-state index is 0.0994. The van der Waals surface area contributed by atoms with Gasteiger partial charge in [0, 0.05) is 19.2 Å². The summed E-state index contributed by atoms with van der Waals surface area (Å²) in [6.45, 7) is 2.50. The number of aromatic nitrogens is 2. The number of carbonyl (C=O) groups excluding carboxylic acids is 1. The van der Waals surface area contributed by atoms with Crippen LogP contribution in [-0.4, -0.2) is 15.6 Å². The Hall–Kier alpha value is -1.84. The summed E-state index contributed by atoms with van der Waals surface area (Å²) in [5.41, 5.74) is 1.16. The first kappa shape index (κ1) is 9.71. The van der Waals surface area contributed by atoms with Crippen molar-refractivity contribution in [2.45, 2.75) is 13.5 Å². The molecule has 1 aromatic heterocycles. The quantitative estimate of drug-likeness (QED) is 0.689. The highest BCUT2D eigenvalue weighted by Gasteiger charge is 2.12. The molecular formula is C11H12N2O2. The highest BCUT2D eigenvalue weighted by atomic mass is 16.1. The van der Waals surface area contributed by atoms with Gasteiger partial charge in [-0.2, -0.15) is 0 Å². The summed E-state index contributed by atoms with van der Waals surface area (Å²) in [6.07, 6.45) is 0.726. The Labute approximate surface area is 86.7 Å². The first-order valence-electron chi connectivity index (χ1n) is 4.84. The third-order valence-electron chi connectivity index (χ3n) is 2.66. The monoisotopic (exact) mass is 204 g/mol. The number of carbonyl (C=O) groups is 1. The van der Waals surface area contributed by atoms with Gasteiger partial charge in [-0.3, -0.25) is 19.0 Å². The van der Waals surface area contributed by atoms with E-state index in [-0.39, 0.29) is 5.56 Å². The topological polar surface area (TPSA) is 44.0 Å². The largest absolute Gasteiger partial charge is 0.298 e. The molecule has 4 heteroatoms. The summed E-state index contributed by atoms with van der Waals surface area (Å²) < 4.78 is 3.39. The van der Waals surface area contributed by atoms with Gasteiger partial charge in [0.2, 0.25) is 0 Å². The molecule has 0 unspecified atom stereocenters. The predicted molar refractivity (Wildman–Crippen MR) is 58.2 cm³/mol. The summed E-state index contributed by atoms with van der Waals surface area (Å²) in [6, 6.07) is 5.29. The van der Waals surface area contributed by atoms with Gasteiger partial charge in [-0.1, -0.05) is 12.1 Å². The lowest BCUT2D eigenvalue weighted by molar-refractivity contribution is 0.112. The Bertz CT molecular complexity index is 578. The van der Waals surface area contributed by atoms with Crippen molar-refractivity contribution in [3.05, 3.63) is 34.1 Å². The van der Waals surface area contributed by atoms with E-state index in [0.29, 0.717) is 17.5 Å². The summed E-state index contributed by atoms with van der Waals surface area (Å²) in [5.74, 6) is 0. The predicted octanol–water partition coefficient (Wildman–Crippen LogP) is 1.17. The van der Waals surface area contributed by atoms with Gasteiger partial charge in [0.05, 0.1) is 10.9 Å². The number of fused-ring (bicyclic) bond motifs is 1. The second-order valence-electron chi connectivity index (χ2n) is 3.40. The van der Waals surface area contributed by atoms with Crippen LogP contribution in [0.2, 0.25) is 0 Å². The summed E-state index contributed by atoms with van der Waals surface area (Å²) in [4.78, 5) is 22.8. The smallest absolute Gasteiger partial charge is 0.275 e. The molecule has 0 bridgehead atoms. The first-order valence-corrected chi connectivity index (χ1v) is 4.84. The van der Waals surface area contributed by atoms with E-state index >= 15 is 0 Å². The van der Waals surface area contributed by atoms with Gasteiger partial charge in [0.1, 0.15) is 0 Å². The van der Waals surface area contributed by atoms with Crippen molar-refractivity contribution in [1.29, 1.82) is 0 Å². The fourth-order valence-electron chi connectivity index (χ4n) is 1.91. The molecule has 0 fully saturated rings. The molecule has 4 nitrogen and oxygen atoms in total. The zero-order valence-electron chi connectivity index (χ0n) is 8.73. The van der Waals surface area contributed by atoms with Crippen molar-refractivity contribution in [3.8, 4) is 0 Å². The second kappa shape index (κ2) is 3.38. The van der Waals surface area contributed by atoms with Crippen molar-refractivity contribution in [3.63, 3.8) is 0 Å². The van der Waals surface area contributed by atoms with E-state index in [9.17, 15) is 9.59 Å². The van der Waals surface area contributed by atoms with Gasteiger partial charge < -0.3 is 0 Å². The fraction of sp³-hybridized carbons (Fsp3) is 0.273. The minimum Gasteiger partial charge on any atom is -0.298 e. The molecule has 2 rings (SSSR count). The van der Waals surface area contributed by atoms with Crippen LogP contribution in [0.5, 0.6) is 0 Å². The zero-order chi connectivity index (χ0) is 11.0. The van der Waals surface area contributed by atoms with Gasteiger partial charge in [-0.15, -0.1) is 0 Å². The summed E-state index contributed by atoms with van der Waals surface area (Å²) in [5, 5.41) is 0.511. The Morgan fingerprint density at radius 2 is 2.13 bits per heavy atom. The molecular weight excluding hydrogens is 192 g/mol. The van der Waals surface area contributed by atoms with Crippen LogP contribution in [0, 0.1) is 0 Å². The third-order valence-corrected chi connectivity index (χ3v) is 2.66. The Balaban J connectivity index is 3.02. The van der Waals surface area contributed by atoms with E-state index in [1.54, 1.807) is 21.5 Å². The van der Waals surface area contributed by atoms with Crippen LogP contribution in [0.4, 0.5) is 0 Å².